The Labute approximate surface area is 113 Å². The van der Waals surface area contributed by atoms with Gasteiger partial charge in [-0.05, 0) is 32.6 Å². The molecule has 7 nitrogen and oxygen atoms in total. The molecular formula is C12H21N7. The van der Waals surface area contributed by atoms with Crippen LogP contribution < -0.4 is 21.1 Å². The lowest BCUT2D eigenvalue weighted by atomic mass is 10.4. The fourth-order valence-electron chi connectivity index (χ4n) is 2.55. The van der Waals surface area contributed by atoms with Crippen molar-refractivity contribution in [3.63, 3.8) is 0 Å². The molecule has 19 heavy (non-hydrogen) atoms. The van der Waals surface area contributed by atoms with Crippen LogP contribution in [0.5, 0.6) is 0 Å². The molecule has 1 aliphatic carbocycles. The summed E-state index contributed by atoms with van der Waals surface area (Å²) in [5, 5.41) is 0. The fraction of sp³-hybridized carbons (Fsp3) is 0.750. The average molecular weight is 263 g/mol. The SMILES string of the molecule is CCN(c1nc(NN)nc(N2CCCC2)n1)C1CC1. The fourth-order valence-corrected chi connectivity index (χ4v) is 2.55. The molecule has 3 rings (SSSR count). The molecule has 0 bridgehead atoms. The van der Waals surface area contributed by atoms with E-state index in [4.69, 9.17) is 5.84 Å². The van der Waals surface area contributed by atoms with Crippen molar-refractivity contribution < 1.29 is 0 Å². The average Bonchev–Trinajstić information content (AvgIpc) is 3.12. The van der Waals surface area contributed by atoms with Crippen molar-refractivity contribution in [1.29, 1.82) is 0 Å². The van der Waals surface area contributed by atoms with E-state index in [9.17, 15) is 0 Å². The van der Waals surface area contributed by atoms with Crippen molar-refractivity contribution >= 4 is 17.8 Å². The maximum atomic E-state index is 5.48. The van der Waals surface area contributed by atoms with Crippen LogP contribution in [0.1, 0.15) is 32.6 Å². The van der Waals surface area contributed by atoms with Crippen molar-refractivity contribution in [2.45, 2.75) is 38.6 Å². The highest BCUT2D eigenvalue weighted by Crippen LogP contribution is 2.30. The van der Waals surface area contributed by atoms with Gasteiger partial charge in [0.2, 0.25) is 17.8 Å². The summed E-state index contributed by atoms with van der Waals surface area (Å²) in [6, 6.07) is 0.587. The Morgan fingerprint density at radius 2 is 2.00 bits per heavy atom. The minimum atomic E-state index is 0.450. The minimum Gasteiger partial charge on any atom is -0.341 e. The quantitative estimate of drug-likeness (QED) is 0.599. The summed E-state index contributed by atoms with van der Waals surface area (Å²) in [7, 11) is 0. The molecule has 0 aromatic carbocycles. The third kappa shape index (κ3) is 2.56. The van der Waals surface area contributed by atoms with Crippen LogP contribution >= 0.6 is 0 Å². The zero-order valence-electron chi connectivity index (χ0n) is 11.3. The lowest BCUT2D eigenvalue weighted by molar-refractivity contribution is 0.770. The summed E-state index contributed by atoms with van der Waals surface area (Å²) in [5.41, 5.74) is 2.55. The number of nitrogens with two attached hydrogens (primary N) is 1. The molecule has 0 unspecified atom stereocenters. The Morgan fingerprint density at radius 1 is 1.26 bits per heavy atom. The zero-order valence-corrected chi connectivity index (χ0v) is 11.3. The van der Waals surface area contributed by atoms with Crippen LogP contribution in [0.3, 0.4) is 0 Å². The van der Waals surface area contributed by atoms with Crippen molar-refractivity contribution in [2.24, 2.45) is 5.84 Å². The molecule has 2 fully saturated rings. The number of hydrazine groups is 1. The van der Waals surface area contributed by atoms with Gasteiger partial charge in [-0.25, -0.2) is 5.84 Å². The summed E-state index contributed by atoms with van der Waals surface area (Å²) in [6.07, 6.45) is 4.85. The molecule has 1 saturated carbocycles. The molecule has 0 spiro atoms. The van der Waals surface area contributed by atoms with Gasteiger partial charge in [0.1, 0.15) is 0 Å². The summed E-state index contributed by atoms with van der Waals surface area (Å²) < 4.78 is 0. The van der Waals surface area contributed by atoms with Crippen LogP contribution in [0, 0.1) is 0 Å². The highest BCUT2D eigenvalue weighted by Gasteiger charge is 2.30. The van der Waals surface area contributed by atoms with Crippen molar-refractivity contribution in [1.82, 2.24) is 15.0 Å². The van der Waals surface area contributed by atoms with Gasteiger partial charge in [-0.2, -0.15) is 15.0 Å². The number of anilines is 3. The third-order valence-corrected chi connectivity index (χ3v) is 3.72. The second kappa shape index (κ2) is 5.16. The van der Waals surface area contributed by atoms with Crippen LogP contribution in [0.25, 0.3) is 0 Å². The second-order valence-electron chi connectivity index (χ2n) is 5.11. The topological polar surface area (TPSA) is 83.2 Å². The maximum absolute atomic E-state index is 5.48. The lowest BCUT2D eigenvalue weighted by Crippen LogP contribution is -2.30. The smallest absolute Gasteiger partial charge is 0.243 e. The summed E-state index contributed by atoms with van der Waals surface area (Å²) in [5.74, 6) is 7.42. The second-order valence-corrected chi connectivity index (χ2v) is 5.11. The molecule has 1 saturated heterocycles. The number of nitrogens with zero attached hydrogens (tertiary/aromatic N) is 5. The molecule has 104 valence electrons. The number of rotatable bonds is 5. The van der Waals surface area contributed by atoms with E-state index in [2.05, 4.69) is 37.1 Å². The van der Waals surface area contributed by atoms with Crippen molar-refractivity contribution in [2.75, 3.05) is 34.9 Å². The molecule has 2 heterocycles. The van der Waals surface area contributed by atoms with Crippen LogP contribution in [0.2, 0.25) is 0 Å². The largest absolute Gasteiger partial charge is 0.341 e. The van der Waals surface area contributed by atoms with Gasteiger partial charge in [0.25, 0.3) is 0 Å². The maximum Gasteiger partial charge on any atom is 0.243 e. The molecule has 3 N–H and O–H groups in total. The van der Waals surface area contributed by atoms with Gasteiger partial charge in [-0.1, -0.05) is 0 Å². The van der Waals surface area contributed by atoms with E-state index >= 15 is 0 Å². The Bertz CT molecular complexity index is 440. The normalized spacial score (nSPS) is 18.7. The summed E-state index contributed by atoms with van der Waals surface area (Å²) in [4.78, 5) is 17.8. The Morgan fingerprint density at radius 3 is 2.58 bits per heavy atom. The van der Waals surface area contributed by atoms with E-state index in [0.29, 0.717) is 12.0 Å². The van der Waals surface area contributed by atoms with Crippen LogP contribution in [0.4, 0.5) is 17.8 Å². The van der Waals surface area contributed by atoms with E-state index in [0.717, 1.165) is 31.5 Å². The van der Waals surface area contributed by atoms with E-state index in [1.807, 2.05) is 0 Å². The number of nitrogen functional groups attached to an aromatic ring is 1. The molecule has 0 amide bonds. The third-order valence-electron chi connectivity index (χ3n) is 3.72. The predicted molar refractivity (Wildman–Crippen MR) is 75.1 cm³/mol. The van der Waals surface area contributed by atoms with Gasteiger partial charge in [-0.15, -0.1) is 0 Å². The number of nitrogens with one attached hydrogen (secondary N) is 1. The highest BCUT2D eigenvalue weighted by molar-refractivity contribution is 5.46. The van der Waals surface area contributed by atoms with Gasteiger partial charge >= 0.3 is 0 Å². The lowest BCUT2D eigenvalue weighted by Gasteiger charge is -2.23. The highest BCUT2D eigenvalue weighted by atomic mass is 15.4. The summed E-state index contributed by atoms with van der Waals surface area (Å²) in [6.45, 7) is 5.08. The first-order valence-corrected chi connectivity index (χ1v) is 7.06. The Balaban J connectivity index is 1.91. The van der Waals surface area contributed by atoms with Gasteiger partial charge in [0, 0.05) is 25.7 Å². The molecular weight excluding hydrogens is 242 g/mol. The molecule has 1 aromatic rings. The van der Waals surface area contributed by atoms with E-state index in [-0.39, 0.29) is 0 Å². The Hall–Kier alpha value is -1.63. The first kappa shape index (κ1) is 12.4. The molecule has 0 radical (unpaired) electrons. The van der Waals surface area contributed by atoms with Crippen LogP contribution in [0.15, 0.2) is 0 Å². The van der Waals surface area contributed by atoms with E-state index in [1.165, 1.54) is 25.7 Å². The summed E-state index contributed by atoms with van der Waals surface area (Å²) >= 11 is 0. The monoisotopic (exact) mass is 263 g/mol. The van der Waals surface area contributed by atoms with Gasteiger partial charge in [0.15, 0.2) is 0 Å². The van der Waals surface area contributed by atoms with Crippen molar-refractivity contribution in [3.8, 4) is 0 Å². The predicted octanol–water partition coefficient (Wildman–Crippen LogP) is 0.746. The van der Waals surface area contributed by atoms with Gasteiger partial charge in [0.05, 0.1) is 0 Å². The minimum absolute atomic E-state index is 0.450. The molecule has 2 aliphatic rings. The first-order chi connectivity index (χ1) is 9.31. The molecule has 0 atom stereocenters. The molecule has 1 aliphatic heterocycles. The van der Waals surface area contributed by atoms with E-state index in [1.54, 1.807) is 0 Å². The van der Waals surface area contributed by atoms with E-state index < -0.39 is 0 Å². The number of aromatic nitrogens is 3. The first-order valence-electron chi connectivity index (χ1n) is 7.06. The van der Waals surface area contributed by atoms with Crippen LogP contribution in [-0.2, 0) is 0 Å². The molecule has 1 aromatic heterocycles. The number of hydrogen-bond acceptors (Lipinski definition) is 7. The zero-order chi connectivity index (χ0) is 13.2. The Kier molecular flexibility index (Phi) is 3.37. The van der Waals surface area contributed by atoms with Crippen LogP contribution in [-0.4, -0.2) is 40.6 Å². The van der Waals surface area contributed by atoms with Gasteiger partial charge in [-0.3, -0.25) is 5.43 Å². The van der Waals surface area contributed by atoms with Gasteiger partial charge < -0.3 is 9.80 Å². The standard InChI is InChI=1S/C12H21N7/c1-2-19(9-5-6-9)12-15-10(17-13)14-11(16-12)18-7-3-4-8-18/h9H,2-8,13H2,1H3,(H,14,15,16,17). The molecule has 7 heteroatoms. The number of hydrogen-bond donors (Lipinski definition) is 2. The van der Waals surface area contributed by atoms with Crippen molar-refractivity contribution in [3.05, 3.63) is 0 Å².